The third-order valence-corrected chi connectivity index (χ3v) is 5.84. The van der Waals surface area contributed by atoms with Crippen LogP contribution < -0.4 is 16.0 Å². The van der Waals surface area contributed by atoms with Crippen molar-refractivity contribution in [2.75, 3.05) is 17.2 Å². The van der Waals surface area contributed by atoms with Crippen molar-refractivity contribution >= 4 is 58.1 Å². The Morgan fingerprint density at radius 1 is 0.900 bits per heavy atom. The first kappa shape index (κ1) is 22.5. The van der Waals surface area contributed by atoms with E-state index in [9.17, 15) is 9.59 Å². The Kier molecular flexibility index (Phi) is 8.02. The van der Waals surface area contributed by atoms with E-state index in [4.69, 9.17) is 34.8 Å². The van der Waals surface area contributed by atoms with Crippen molar-refractivity contribution in [3.8, 4) is 0 Å². The highest BCUT2D eigenvalue weighted by molar-refractivity contribution is 6.42. The Hall–Kier alpha value is -2.21. The second-order valence-corrected chi connectivity index (χ2v) is 8.24. The molecule has 3 N–H and O–H groups in total. The van der Waals surface area contributed by atoms with E-state index in [-0.39, 0.29) is 5.91 Å². The summed E-state index contributed by atoms with van der Waals surface area (Å²) in [6.07, 6.45) is 7.83. The molecule has 0 aromatic heterocycles. The van der Waals surface area contributed by atoms with Crippen LogP contribution in [0.1, 0.15) is 42.5 Å². The molecule has 30 heavy (non-hydrogen) atoms. The molecular formula is C22H22Cl3N3O2. The minimum Gasteiger partial charge on any atom is -0.352 e. The molecule has 3 rings (SSSR count). The van der Waals surface area contributed by atoms with Crippen molar-refractivity contribution in [1.29, 1.82) is 0 Å². The summed E-state index contributed by atoms with van der Waals surface area (Å²) in [7, 11) is 0. The third-order valence-electron chi connectivity index (χ3n) is 4.77. The number of allylic oxidation sites excluding steroid dienone is 1. The molecule has 0 saturated heterocycles. The topological polar surface area (TPSA) is 70.2 Å². The predicted molar refractivity (Wildman–Crippen MR) is 124 cm³/mol. The molecule has 0 atom stereocenters. The van der Waals surface area contributed by atoms with Gasteiger partial charge in [-0.1, -0.05) is 46.5 Å². The molecule has 0 spiro atoms. The molecular weight excluding hydrogens is 445 g/mol. The summed E-state index contributed by atoms with van der Waals surface area (Å²) in [5, 5.41) is 9.26. The molecule has 0 saturated carbocycles. The van der Waals surface area contributed by atoms with E-state index in [1.54, 1.807) is 30.3 Å². The zero-order valence-electron chi connectivity index (χ0n) is 16.2. The predicted octanol–water partition coefficient (Wildman–Crippen LogP) is 6.91. The maximum atomic E-state index is 12.5. The van der Waals surface area contributed by atoms with E-state index in [1.807, 2.05) is 0 Å². The number of carbonyl (C=O) groups is 2. The molecule has 8 heteroatoms. The molecule has 5 nitrogen and oxygen atoms in total. The number of hydrogen-bond donors (Lipinski definition) is 3. The van der Waals surface area contributed by atoms with E-state index in [0.717, 1.165) is 19.3 Å². The van der Waals surface area contributed by atoms with Gasteiger partial charge in [-0.25, -0.2) is 4.79 Å². The lowest BCUT2D eigenvalue weighted by atomic mass is 9.97. The Balaban J connectivity index is 1.58. The Labute approximate surface area is 190 Å². The van der Waals surface area contributed by atoms with Crippen LogP contribution in [0.2, 0.25) is 15.1 Å². The van der Waals surface area contributed by atoms with Crippen molar-refractivity contribution in [2.24, 2.45) is 0 Å². The molecule has 3 amide bonds. The number of benzene rings is 2. The summed E-state index contributed by atoms with van der Waals surface area (Å²) in [6, 6.07) is 8.98. The summed E-state index contributed by atoms with van der Waals surface area (Å²) in [6.45, 7) is 0.577. The number of amides is 3. The van der Waals surface area contributed by atoms with Crippen molar-refractivity contribution in [1.82, 2.24) is 5.32 Å². The van der Waals surface area contributed by atoms with Gasteiger partial charge in [0.1, 0.15) is 0 Å². The van der Waals surface area contributed by atoms with Crippen LogP contribution >= 0.6 is 34.8 Å². The first-order valence-electron chi connectivity index (χ1n) is 9.71. The van der Waals surface area contributed by atoms with Gasteiger partial charge in [-0.2, -0.15) is 0 Å². The molecule has 0 heterocycles. The second kappa shape index (κ2) is 10.7. The zero-order chi connectivity index (χ0) is 21.5. The molecule has 1 aliphatic rings. The number of rotatable bonds is 6. The maximum absolute atomic E-state index is 12.5. The summed E-state index contributed by atoms with van der Waals surface area (Å²) in [5.41, 5.74) is 2.63. The van der Waals surface area contributed by atoms with Gasteiger partial charge in [-0.05, 0) is 68.5 Å². The molecule has 0 bridgehead atoms. The van der Waals surface area contributed by atoms with Crippen molar-refractivity contribution in [3.05, 3.63) is 68.7 Å². The van der Waals surface area contributed by atoms with Crippen LogP contribution in [0.4, 0.5) is 16.2 Å². The first-order valence-corrected chi connectivity index (χ1v) is 10.8. The highest BCUT2D eigenvalue weighted by atomic mass is 35.5. The fourth-order valence-corrected chi connectivity index (χ4v) is 3.65. The van der Waals surface area contributed by atoms with Gasteiger partial charge in [0, 0.05) is 17.8 Å². The molecule has 2 aromatic carbocycles. The monoisotopic (exact) mass is 465 g/mol. The average molecular weight is 467 g/mol. The number of hydrogen-bond acceptors (Lipinski definition) is 2. The van der Waals surface area contributed by atoms with Crippen LogP contribution in [0.3, 0.4) is 0 Å². The minimum atomic E-state index is -0.517. The van der Waals surface area contributed by atoms with Gasteiger partial charge >= 0.3 is 6.03 Å². The van der Waals surface area contributed by atoms with Crippen LogP contribution in [0.5, 0.6) is 0 Å². The molecule has 0 radical (unpaired) electrons. The third kappa shape index (κ3) is 6.39. The summed E-state index contributed by atoms with van der Waals surface area (Å²) in [5.74, 6) is -0.212. The highest BCUT2D eigenvalue weighted by Crippen LogP contribution is 2.26. The smallest absolute Gasteiger partial charge is 0.323 e. The van der Waals surface area contributed by atoms with E-state index < -0.39 is 6.03 Å². The van der Waals surface area contributed by atoms with Gasteiger partial charge in [0.2, 0.25) is 0 Å². The van der Waals surface area contributed by atoms with Crippen LogP contribution in [0, 0.1) is 0 Å². The molecule has 0 aliphatic heterocycles. The van der Waals surface area contributed by atoms with Crippen molar-refractivity contribution in [3.63, 3.8) is 0 Å². The molecule has 0 unspecified atom stereocenters. The van der Waals surface area contributed by atoms with Crippen LogP contribution in [0.25, 0.3) is 0 Å². The van der Waals surface area contributed by atoms with Gasteiger partial charge in [0.25, 0.3) is 5.91 Å². The van der Waals surface area contributed by atoms with Gasteiger partial charge < -0.3 is 16.0 Å². The summed E-state index contributed by atoms with van der Waals surface area (Å²) < 4.78 is 0. The standard InChI is InChI=1S/C22H22Cl3N3O2/c23-17-9-7-16(13-19(17)25)27-22(30)28-20-12-15(6-8-18(20)24)21(29)26-11-10-14-4-2-1-3-5-14/h4,6-9,12-13H,1-3,5,10-11H2,(H,26,29)(H2,27,28,30). The van der Waals surface area contributed by atoms with Crippen LogP contribution in [-0.4, -0.2) is 18.5 Å². The summed E-state index contributed by atoms with van der Waals surface area (Å²) in [4.78, 5) is 24.8. The second-order valence-electron chi connectivity index (χ2n) is 7.02. The van der Waals surface area contributed by atoms with Gasteiger partial charge in [-0.15, -0.1) is 0 Å². The Morgan fingerprint density at radius 3 is 2.43 bits per heavy atom. The lowest BCUT2D eigenvalue weighted by Crippen LogP contribution is -2.25. The first-order chi connectivity index (χ1) is 14.4. The van der Waals surface area contributed by atoms with Crippen LogP contribution in [0.15, 0.2) is 48.0 Å². The number of urea groups is 1. The Morgan fingerprint density at radius 2 is 1.70 bits per heavy atom. The van der Waals surface area contributed by atoms with Gasteiger partial charge in [-0.3, -0.25) is 4.79 Å². The van der Waals surface area contributed by atoms with Gasteiger partial charge in [0.05, 0.1) is 20.8 Å². The van der Waals surface area contributed by atoms with Crippen molar-refractivity contribution < 1.29 is 9.59 Å². The number of halogens is 3. The summed E-state index contributed by atoms with van der Waals surface area (Å²) >= 11 is 18.0. The maximum Gasteiger partial charge on any atom is 0.323 e. The van der Waals surface area contributed by atoms with E-state index >= 15 is 0 Å². The molecule has 0 fully saturated rings. The minimum absolute atomic E-state index is 0.212. The zero-order valence-corrected chi connectivity index (χ0v) is 18.5. The normalized spacial score (nSPS) is 13.4. The number of carbonyl (C=O) groups excluding carboxylic acids is 2. The van der Waals surface area contributed by atoms with E-state index in [0.29, 0.717) is 38.6 Å². The fraction of sp³-hybridized carbons (Fsp3) is 0.273. The fourth-order valence-electron chi connectivity index (χ4n) is 3.19. The number of nitrogens with one attached hydrogen (secondary N) is 3. The lowest BCUT2D eigenvalue weighted by molar-refractivity contribution is 0.0954. The van der Waals surface area contributed by atoms with E-state index in [1.165, 1.54) is 24.5 Å². The van der Waals surface area contributed by atoms with Crippen LogP contribution in [-0.2, 0) is 0 Å². The molecule has 2 aromatic rings. The van der Waals surface area contributed by atoms with Crippen molar-refractivity contribution in [2.45, 2.75) is 32.1 Å². The molecule has 1 aliphatic carbocycles. The van der Waals surface area contributed by atoms with Gasteiger partial charge in [0.15, 0.2) is 0 Å². The quantitative estimate of drug-likeness (QED) is 0.405. The Bertz CT molecular complexity index is 976. The lowest BCUT2D eigenvalue weighted by Gasteiger charge is -2.14. The number of anilines is 2. The average Bonchev–Trinajstić information content (AvgIpc) is 2.73. The SMILES string of the molecule is O=C(Nc1ccc(Cl)c(Cl)c1)Nc1cc(C(=O)NCCC2=CCCCC2)ccc1Cl. The highest BCUT2D eigenvalue weighted by Gasteiger charge is 2.12. The molecule has 158 valence electrons. The van der Waals surface area contributed by atoms with E-state index in [2.05, 4.69) is 22.0 Å². The largest absolute Gasteiger partial charge is 0.352 e.